The van der Waals surface area contributed by atoms with Crippen LogP contribution >= 0.6 is 11.8 Å². The van der Waals surface area contributed by atoms with Gasteiger partial charge in [0.2, 0.25) is 12.7 Å². The lowest BCUT2D eigenvalue weighted by Gasteiger charge is -2.15. The second-order valence-corrected chi connectivity index (χ2v) is 8.52. The maximum Gasteiger partial charge on any atom is 0.231 e. The van der Waals surface area contributed by atoms with Crippen LogP contribution in [0.1, 0.15) is 37.4 Å². The van der Waals surface area contributed by atoms with Gasteiger partial charge in [-0.2, -0.15) is 0 Å². The van der Waals surface area contributed by atoms with Gasteiger partial charge >= 0.3 is 0 Å². The van der Waals surface area contributed by atoms with Gasteiger partial charge in [0.1, 0.15) is 5.82 Å². The number of carbonyl (C=O) groups excluding carboxylic acids is 1. The third-order valence-corrected chi connectivity index (χ3v) is 6.24. The number of benzene rings is 2. The summed E-state index contributed by atoms with van der Waals surface area (Å²) in [7, 11) is 0. The van der Waals surface area contributed by atoms with E-state index in [0.29, 0.717) is 28.0 Å². The Morgan fingerprint density at radius 3 is 2.84 bits per heavy atom. The van der Waals surface area contributed by atoms with Gasteiger partial charge in [0.25, 0.3) is 0 Å². The van der Waals surface area contributed by atoms with Gasteiger partial charge in [0, 0.05) is 6.04 Å². The summed E-state index contributed by atoms with van der Waals surface area (Å²) in [6.45, 7) is 2.13. The van der Waals surface area contributed by atoms with Gasteiger partial charge in [-0.15, -0.1) is 10.2 Å². The molecule has 31 heavy (non-hydrogen) atoms. The fraction of sp³-hybridized carbons (Fsp3) is 0.318. The van der Waals surface area contributed by atoms with Crippen LogP contribution in [0.2, 0.25) is 0 Å². The summed E-state index contributed by atoms with van der Waals surface area (Å²) in [6, 6.07) is 12.3. The molecule has 1 atom stereocenters. The van der Waals surface area contributed by atoms with E-state index in [2.05, 4.69) is 15.5 Å². The van der Waals surface area contributed by atoms with Crippen LogP contribution in [-0.2, 0) is 4.79 Å². The summed E-state index contributed by atoms with van der Waals surface area (Å²) in [5, 5.41) is 12.1. The predicted molar refractivity (Wildman–Crippen MR) is 114 cm³/mol. The molecular weight excluding hydrogens is 419 g/mol. The molecule has 1 amide bonds. The van der Waals surface area contributed by atoms with Gasteiger partial charge < -0.3 is 14.8 Å². The normalized spacial score (nSPS) is 15.7. The number of aromatic nitrogens is 3. The highest BCUT2D eigenvalue weighted by Crippen LogP contribution is 2.41. The molecule has 1 aromatic heterocycles. The van der Waals surface area contributed by atoms with Crippen LogP contribution < -0.4 is 14.8 Å². The van der Waals surface area contributed by atoms with Gasteiger partial charge in [-0.25, -0.2) is 4.39 Å². The van der Waals surface area contributed by atoms with E-state index in [0.717, 1.165) is 18.4 Å². The zero-order chi connectivity index (χ0) is 21.4. The Bertz CT molecular complexity index is 1130. The lowest BCUT2D eigenvalue weighted by Crippen LogP contribution is -2.28. The molecule has 1 aliphatic heterocycles. The number of hydrogen-bond donors (Lipinski definition) is 1. The summed E-state index contributed by atoms with van der Waals surface area (Å²) in [6.07, 6.45) is 2.00. The van der Waals surface area contributed by atoms with Crippen molar-refractivity contribution in [2.75, 3.05) is 12.5 Å². The molecule has 0 radical (unpaired) electrons. The molecule has 9 heteroatoms. The lowest BCUT2D eigenvalue weighted by molar-refractivity contribution is -0.119. The number of hydrogen-bond acceptors (Lipinski definition) is 6. The van der Waals surface area contributed by atoms with Gasteiger partial charge in [0.15, 0.2) is 22.5 Å². The van der Waals surface area contributed by atoms with Crippen molar-refractivity contribution in [3.05, 3.63) is 53.8 Å². The minimum Gasteiger partial charge on any atom is -0.454 e. The van der Waals surface area contributed by atoms with E-state index in [9.17, 15) is 9.18 Å². The molecule has 1 aliphatic carbocycles. The highest BCUT2D eigenvalue weighted by atomic mass is 32.2. The number of thioether (sulfide) groups is 1. The lowest BCUT2D eigenvalue weighted by atomic mass is 10.1. The van der Waals surface area contributed by atoms with Gasteiger partial charge in [-0.1, -0.05) is 30.0 Å². The van der Waals surface area contributed by atoms with Crippen LogP contribution in [0.25, 0.3) is 11.4 Å². The molecule has 1 N–H and O–H groups in total. The Kier molecular flexibility index (Phi) is 5.27. The fourth-order valence-corrected chi connectivity index (χ4v) is 4.36. The van der Waals surface area contributed by atoms with Gasteiger partial charge in [-0.05, 0) is 49.6 Å². The molecule has 0 saturated heterocycles. The molecule has 0 unspecified atom stereocenters. The summed E-state index contributed by atoms with van der Waals surface area (Å²) in [4.78, 5) is 12.6. The van der Waals surface area contributed by atoms with Crippen LogP contribution in [0.3, 0.4) is 0 Å². The third kappa shape index (κ3) is 4.10. The number of amides is 1. The highest BCUT2D eigenvalue weighted by molar-refractivity contribution is 7.99. The van der Waals surface area contributed by atoms with Crippen molar-refractivity contribution in [3.63, 3.8) is 0 Å². The predicted octanol–water partition coefficient (Wildman–Crippen LogP) is 4.12. The number of carbonyl (C=O) groups is 1. The van der Waals surface area contributed by atoms with Crippen molar-refractivity contribution >= 4 is 17.7 Å². The second kappa shape index (κ2) is 8.22. The van der Waals surface area contributed by atoms with E-state index in [1.54, 1.807) is 18.2 Å². The van der Waals surface area contributed by atoms with Crippen LogP contribution in [0.4, 0.5) is 4.39 Å². The van der Waals surface area contributed by atoms with E-state index in [1.807, 2.05) is 29.7 Å². The molecule has 2 heterocycles. The molecule has 1 fully saturated rings. The second-order valence-electron chi connectivity index (χ2n) is 7.58. The molecule has 0 spiro atoms. The molecular formula is C22H21FN4O3S. The minimum absolute atomic E-state index is 0.118. The zero-order valence-electron chi connectivity index (χ0n) is 16.9. The van der Waals surface area contributed by atoms with E-state index < -0.39 is 0 Å². The number of fused-ring (bicyclic) bond motifs is 1. The van der Waals surface area contributed by atoms with Crippen molar-refractivity contribution in [1.29, 1.82) is 0 Å². The Balaban J connectivity index is 1.26. The summed E-state index contributed by atoms with van der Waals surface area (Å²) in [5.74, 6) is 1.65. The van der Waals surface area contributed by atoms with Gasteiger partial charge in [0.05, 0.1) is 17.4 Å². The SMILES string of the molecule is C[C@H](NC(=O)CSc1nnc(-c2ccccc2F)n1C1CC1)c1ccc2c(c1)OCO2. The first-order valence-corrected chi connectivity index (χ1v) is 11.1. The summed E-state index contributed by atoms with van der Waals surface area (Å²) < 4.78 is 27.0. The molecule has 0 bridgehead atoms. The third-order valence-electron chi connectivity index (χ3n) is 5.30. The Labute approximate surface area is 183 Å². The first-order valence-electron chi connectivity index (χ1n) is 10.1. The molecule has 7 nitrogen and oxygen atoms in total. The van der Waals surface area contributed by atoms with E-state index in [4.69, 9.17) is 9.47 Å². The maximum atomic E-state index is 14.3. The van der Waals surface area contributed by atoms with Crippen molar-refractivity contribution in [2.45, 2.75) is 37.0 Å². The molecule has 2 aliphatic rings. The van der Waals surface area contributed by atoms with E-state index in [-0.39, 0.29) is 36.4 Å². The number of ether oxygens (including phenoxy) is 2. The highest BCUT2D eigenvalue weighted by Gasteiger charge is 2.31. The fourth-order valence-electron chi connectivity index (χ4n) is 3.54. The minimum atomic E-state index is -0.330. The molecule has 2 aromatic carbocycles. The van der Waals surface area contributed by atoms with Crippen LogP contribution in [-0.4, -0.2) is 33.2 Å². The Morgan fingerprint density at radius 1 is 1.23 bits per heavy atom. The molecule has 160 valence electrons. The van der Waals surface area contributed by atoms with Crippen molar-refractivity contribution < 1.29 is 18.7 Å². The topological polar surface area (TPSA) is 78.3 Å². The number of nitrogens with one attached hydrogen (secondary N) is 1. The Hall–Kier alpha value is -3.07. The molecule has 5 rings (SSSR count). The average Bonchev–Trinajstić information content (AvgIpc) is 3.34. The molecule has 3 aromatic rings. The standard InChI is InChI=1S/C22H21FN4O3S/c1-13(14-6-9-18-19(10-14)30-12-29-18)24-20(28)11-31-22-26-25-21(27(22)15-7-8-15)16-4-2-3-5-17(16)23/h2-6,9-10,13,15H,7-8,11-12H2,1H3,(H,24,28)/t13-/m0/s1. The first-order chi connectivity index (χ1) is 15.1. The van der Waals surface area contributed by atoms with E-state index >= 15 is 0 Å². The summed E-state index contributed by atoms with van der Waals surface area (Å²) >= 11 is 1.31. The van der Waals surface area contributed by atoms with Crippen molar-refractivity contribution in [1.82, 2.24) is 20.1 Å². The zero-order valence-corrected chi connectivity index (χ0v) is 17.7. The Morgan fingerprint density at radius 2 is 2.03 bits per heavy atom. The van der Waals surface area contributed by atoms with Gasteiger partial charge in [-0.3, -0.25) is 9.36 Å². The van der Waals surface area contributed by atoms with Crippen LogP contribution in [0, 0.1) is 5.82 Å². The largest absolute Gasteiger partial charge is 0.454 e. The summed E-state index contributed by atoms with van der Waals surface area (Å²) in [5.41, 5.74) is 1.36. The number of nitrogens with zero attached hydrogens (tertiary/aromatic N) is 3. The number of halogens is 1. The quantitative estimate of drug-likeness (QED) is 0.557. The monoisotopic (exact) mass is 440 g/mol. The average molecular weight is 441 g/mol. The van der Waals surface area contributed by atoms with Crippen LogP contribution in [0.5, 0.6) is 11.5 Å². The smallest absolute Gasteiger partial charge is 0.231 e. The van der Waals surface area contributed by atoms with Crippen molar-refractivity contribution in [3.8, 4) is 22.9 Å². The van der Waals surface area contributed by atoms with E-state index in [1.165, 1.54) is 17.8 Å². The maximum absolute atomic E-state index is 14.3. The van der Waals surface area contributed by atoms with Crippen LogP contribution in [0.15, 0.2) is 47.6 Å². The first kappa shape index (κ1) is 19.9. The molecule has 1 saturated carbocycles. The van der Waals surface area contributed by atoms with Crippen molar-refractivity contribution in [2.24, 2.45) is 0 Å². The number of rotatable bonds is 7.